The second-order valence-electron chi connectivity index (χ2n) is 2.90. The van der Waals surface area contributed by atoms with E-state index in [1.807, 2.05) is 25.1 Å². The van der Waals surface area contributed by atoms with Crippen molar-refractivity contribution in [3.63, 3.8) is 0 Å². The van der Waals surface area contributed by atoms with E-state index < -0.39 is 10.8 Å². The molecule has 1 aromatic carbocycles. The molecule has 2 nitrogen and oxygen atoms in total. The normalized spacial score (nSPS) is 12.5. The lowest BCUT2D eigenvalue weighted by Crippen LogP contribution is -2.07. The lowest BCUT2D eigenvalue weighted by molar-refractivity contribution is -0.136. The first-order valence-electron chi connectivity index (χ1n) is 4.21. The number of carboxylic acid groups (broad SMARTS) is 1. The van der Waals surface area contributed by atoms with Crippen molar-refractivity contribution in [2.24, 2.45) is 0 Å². The van der Waals surface area contributed by atoms with E-state index in [1.54, 1.807) is 0 Å². The van der Waals surface area contributed by atoms with Crippen molar-refractivity contribution < 1.29 is 9.90 Å². The zero-order valence-electron chi connectivity index (χ0n) is 7.63. The van der Waals surface area contributed by atoms with Crippen LogP contribution in [-0.4, -0.2) is 11.1 Å². The molecule has 4 heteroatoms. The Morgan fingerprint density at radius 3 is 2.71 bits per heavy atom. The Kier molecular flexibility index (Phi) is 4.13. The van der Waals surface area contributed by atoms with Crippen LogP contribution in [0.3, 0.4) is 0 Å². The zero-order valence-corrected chi connectivity index (χ0v) is 10.8. The standard InChI is InChI=1S/C10H10Br2O2/c1-2-6-5-7(11)3-4-8(6)9(12)10(13)14/h3-5,9H,2H2,1H3,(H,13,14). The van der Waals surface area contributed by atoms with Gasteiger partial charge in [0, 0.05) is 4.47 Å². The first-order chi connectivity index (χ1) is 6.56. The summed E-state index contributed by atoms with van der Waals surface area (Å²) in [5.41, 5.74) is 1.87. The van der Waals surface area contributed by atoms with E-state index in [0.717, 1.165) is 22.0 Å². The summed E-state index contributed by atoms with van der Waals surface area (Å²) in [5, 5.41) is 8.87. The maximum absolute atomic E-state index is 10.8. The molecule has 1 unspecified atom stereocenters. The molecule has 0 aromatic heterocycles. The molecule has 0 bridgehead atoms. The lowest BCUT2D eigenvalue weighted by Gasteiger charge is -2.10. The van der Waals surface area contributed by atoms with Gasteiger partial charge in [0.05, 0.1) is 0 Å². The molecule has 0 heterocycles. The molecule has 0 spiro atoms. The smallest absolute Gasteiger partial charge is 0.321 e. The molecule has 1 rings (SSSR count). The Bertz CT molecular complexity index is 350. The van der Waals surface area contributed by atoms with Gasteiger partial charge in [-0.25, -0.2) is 0 Å². The van der Waals surface area contributed by atoms with Crippen molar-refractivity contribution in [2.75, 3.05) is 0 Å². The Morgan fingerprint density at radius 2 is 2.21 bits per heavy atom. The lowest BCUT2D eigenvalue weighted by atomic mass is 10.0. The van der Waals surface area contributed by atoms with Gasteiger partial charge >= 0.3 is 5.97 Å². The molecular formula is C10H10Br2O2. The third kappa shape index (κ3) is 2.58. The second kappa shape index (κ2) is 4.94. The van der Waals surface area contributed by atoms with Crippen LogP contribution < -0.4 is 0 Å². The Balaban J connectivity index is 3.13. The molecule has 1 atom stereocenters. The van der Waals surface area contributed by atoms with Crippen LogP contribution in [0.2, 0.25) is 0 Å². The van der Waals surface area contributed by atoms with Gasteiger partial charge in [0.25, 0.3) is 0 Å². The summed E-state index contributed by atoms with van der Waals surface area (Å²) in [7, 11) is 0. The van der Waals surface area contributed by atoms with E-state index in [-0.39, 0.29) is 0 Å². The highest BCUT2D eigenvalue weighted by atomic mass is 79.9. The summed E-state index contributed by atoms with van der Waals surface area (Å²) < 4.78 is 0.975. The highest BCUT2D eigenvalue weighted by Crippen LogP contribution is 2.28. The van der Waals surface area contributed by atoms with Gasteiger partial charge in [0.15, 0.2) is 0 Å². The van der Waals surface area contributed by atoms with Crippen molar-refractivity contribution in [3.8, 4) is 0 Å². The number of hydrogen-bond acceptors (Lipinski definition) is 1. The third-order valence-electron chi connectivity index (χ3n) is 1.98. The van der Waals surface area contributed by atoms with Gasteiger partial charge in [-0.1, -0.05) is 44.8 Å². The topological polar surface area (TPSA) is 37.3 Å². The second-order valence-corrected chi connectivity index (χ2v) is 4.73. The van der Waals surface area contributed by atoms with E-state index in [9.17, 15) is 4.79 Å². The Labute approximate surface area is 99.6 Å². The minimum Gasteiger partial charge on any atom is -0.480 e. The highest BCUT2D eigenvalue weighted by molar-refractivity contribution is 9.10. The maximum atomic E-state index is 10.8. The molecule has 14 heavy (non-hydrogen) atoms. The van der Waals surface area contributed by atoms with Gasteiger partial charge in [0.2, 0.25) is 0 Å². The molecule has 1 N–H and O–H groups in total. The monoisotopic (exact) mass is 320 g/mol. The molecule has 0 fully saturated rings. The predicted octanol–water partition coefficient (Wildman–Crippen LogP) is 3.53. The van der Waals surface area contributed by atoms with Crippen LogP contribution in [0, 0.1) is 0 Å². The SMILES string of the molecule is CCc1cc(Br)ccc1C(Br)C(=O)O. The number of carbonyl (C=O) groups is 1. The number of aliphatic carboxylic acids is 1. The molecule has 0 saturated carbocycles. The summed E-state index contributed by atoms with van der Waals surface area (Å²) >= 11 is 6.51. The number of halogens is 2. The van der Waals surface area contributed by atoms with Gasteiger partial charge in [0.1, 0.15) is 4.83 Å². The minimum absolute atomic E-state index is 0.620. The fraction of sp³-hybridized carbons (Fsp3) is 0.300. The molecule has 0 aliphatic carbocycles. The van der Waals surface area contributed by atoms with Crippen LogP contribution >= 0.6 is 31.9 Å². The van der Waals surface area contributed by atoms with Crippen LogP contribution in [0.4, 0.5) is 0 Å². The summed E-state index contributed by atoms with van der Waals surface area (Å²) in [6.07, 6.45) is 0.824. The fourth-order valence-electron chi connectivity index (χ4n) is 1.26. The zero-order chi connectivity index (χ0) is 10.7. The van der Waals surface area contributed by atoms with E-state index in [1.165, 1.54) is 0 Å². The van der Waals surface area contributed by atoms with Crippen LogP contribution in [-0.2, 0) is 11.2 Å². The third-order valence-corrected chi connectivity index (χ3v) is 3.35. The van der Waals surface area contributed by atoms with Gasteiger partial charge in [-0.2, -0.15) is 0 Å². The number of carboxylic acids is 1. The average Bonchev–Trinajstić information content (AvgIpc) is 2.16. The van der Waals surface area contributed by atoms with Gasteiger partial charge in [-0.3, -0.25) is 4.79 Å². The molecule has 1 aromatic rings. The number of benzene rings is 1. The van der Waals surface area contributed by atoms with Crippen molar-refractivity contribution in [1.82, 2.24) is 0 Å². The van der Waals surface area contributed by atoms with E-state index >= 15 is 0 Å². The molecule has 0 amide bonds. The van der Waals surface area contributed by atoms with E-state index in [2.05, 4.69) is 31.9 Å². The van der Waals surface area contributed by atoms with Crippen LogP contribution in [0.5, 0.6) is 0 Å². The molecule has 0 saturated heterocycles. The Hall–Kier alpha value is -0.350. The van der Waals surface area contributed by atoms with Crippen molar-refractivity contribution in [1.29, 1.82) is 0 Å². The van der Waals surface area contributed by atoms with E-state index in [0.29, 0.717) is 0 Å². The van der Waals surface area contributed by atoms with Gasteiger partial charge in [-0.15, -0.1) is 0 Å². The molecule has 76 valence electrons. The van der Waals surface area contributed by atoms with Gasteiger partial charge < -0.3 is 5.11 Å². The van der Waals surface area contributed by atoms with Crippen molar-refractivity contribution >= 4 is 37.8 Å². The highest BCUT2D eigenvalue weighted by Gasteiger charge is 2.18. The van der Waals surface area contributed by atoms with E-state index in [4.69, 9.17) is 5.11 Å². The molecule has 0 radical (unpaired) electrons. The number of hydrogen-bond donors (Lipinski definition) is 1. The largest absolute Gasteiger partial charge is 0.480 e. The quantitative estimate of drug-likeness (QED) is 0.865. The van der Waals surface area contributed by atoms with Crippen LogP contribution in [0.25, 0.3) is 0 Å². The average molecular weight is 322 g/mol. The van der Waals surface area contributed by atoms with Crippen molar-refractivity contribution in [2.45, 2.75) is 18.2 Å². The van der Waals surface area contributed by atoms with Crippen molar-refractivity contribution in [3.05, 3.63) is 33.8 Å². The number of aryl methyl sites for hydroxylation is 1. The fourth-order valence-corrected chi connectivity index (χ4v) is 2.12. The summed E-state index contributed by atoms with van der Waals surface area (Å²) in [6.45, 7) is 2.01. The molecule has 0 aliphatic heterocycles. The number of rotatable bonds is 3. The summed E-state index contributed by atoms with van der Waals surface area (Å²) in [4.78, 5) is 10.2. The van der Waals surface area contributed by atoms with Crippen LogP contribution in [0.15, 0.2) is 22.7 Å². The summed E-state index contributed by atoms with van der Waals surface area (Å²) in [5.74, 6) is -0.859. The minimum atomic E-state index is -0.859. The first kappa shape index (κ1) is 11.7. The molecule has 0 aliphatic rings. The Morgan fingerprint density at radius 1 is 1.57 bits per heavy atom. The summed E-state index contributed by atoms with van der Waals surface area (Å²) in [6, 6.07) is 5.63. The predicted molar refractivity (Wildman–Crippen MR) is 62.8 cm³/mol. The van der Waals surface area contributed by atoms with Crippen LogP contribution in [0.1, 0.15) is 22.9 Å². The maximum Gasteiger partial charge on any atom is 0.321 e. The van der Waals surface area contributed by atoms with Gasteiger partial charge in [-0.05, 0) is 29.7 Å². The molecular weight excluding hydrogens is 312 g/mol. The first-order valence-corrected chi connectivity index (χ1v) is 5.92. The number of alkyl halides is 1.